The van der Waals surface area contributed by atoms with Crippen LogP contribution in [0.25, 0.3) is 10.8 Å². The molecule has 2 aromatic carbocycles. The maximum Gasteiger partial charge on any atom is 0.328 e. The van der Waals surface area contributed by atoms with Crippen molar-refractivity contribution < 1.29 is 19.8 Å². The highest BCUT2D eigenvalue weighted by atomic mass is 16.4. The van der Waals surface area contributed by atoms with Gasteiger partial charge in [0.1, 0.15) is 0 Å². The van der Waals surface area contributed by atoms with Crippen molar-refractivity contribution in [2.24, 2.45) is 0 Å². The number of nitrogens with one attached hydrogen (secondary N) is 1. The minimum Gasteiger partial charge on any atom is -0.478 e. The zero-order chi connectivity index (χ0) is 18.5. The fraction of sp³-hybridized carbons (Fsp3) is 0.300. The molecule has 2 bridgehead atoms. The molecule has 2 saturated heterocycles. The van der Waals surface area contributed by atoms with Crippen LogP contribution in [0.15, 0.2) is 54.6 Å². The summed E-state index contributed by atoms with van der Waals surface area (Å²) in [6.45, 7) is 2.32. The minimum absolute atomic E-state index is 0.558. The topological polar surface area (TPSA) is 89.9 Å². The first-order valence-electron chi connectivity index (χ1n) is 8.65. The molecule has 0 aromatic heterocycles. The summed E-state index contributed by atoms with van der Waals surface area (Å²) in [7, 11) is 0. The van der Waals surface area contributed by atoms with Crippen LogP contribution in [-0.4, -0.2) is 47.3 Å². The summed E-state index contributed by atoms with van der Waals surface area (Å²) in [4.78, 5) is 21.7. The Balaban J connectivity index is 0.000000211. The lowest BCUT2D eigenvalue weighted by Gasteiger charge is -2.34. The molecule has 2 atom stereocenters. The molecule has 26 heavy (non-hydrogen) atoms. The van der Waals surface area contributed by atoms with Gasteiger partial charge in [0.2, 0.25) is 0 Å². The number of carbonyl (C=O) groups is 2. The van der Waals surface area contributed by atoms with Crippen molar-refractivity contribution in [2.75, 3.05) is 18.0 Å². The first kappa shape index (κ1) is 17.9. The fourth-order valence-corrected chi connectivity index (χ4v) is 3.52. The van der Waals surface area contributed by atoms with E-state index >= 15 is 0 Å². The van der Waals surface area contributed by atoms with Gasteiger partial charge in [0.25, 0.3) is 0 Å². The number of hydrogen-bond donors (Lipinski definition) is 3. The van der Waals surface area contributed by atoms with E-state index in [-0.39, 0.29) is 0 Å². The molecule has 2 unspecified atom stereocenters. The molecule has 2 aliphatic heterocycles. The van der Waals surface area contributed by atoms with Crippen LogP contribution in [0.3, 0.4) is 0 Å². The van der Waals surface area contributed by atoms with E-state index in [4.69, 9.17) is 10.2 Å². The first-order chi connectivity index (χ1) is 12.5. The van der Waals surface area contributed by atoms with Crippen LogP contribution >= 0.6 is 0 Å². The molecule has 2 fully saturated rings. The van der Waals surface area contributed by atoms with Crippen molar-refractivity contribution >= 4 is 28.4 Å². The van der Waals surface area contributed by atoms with Crippen molar-refractivity contribution in [3.63, 3.8) is 0 Å². The van der Waals surface area contributed by atoms with Crippen LogP contribution < -0.4 is 10.2 Å². The minimum atomic E-state index is -1.26. The monoisotopic (exact) mass is 354 g/mol. The number of aliphatic carboxylic acids is 2. The molecule has 6 heteroatoms. The lowest BCUT2D eigenvalue weighted by molar-refractivity contribution is -0.134. The largest absolute Gasteiger partial charge is 0.478 e. The molecule has 2 aliphatic rings. The van der Waals surface area contributed by atoms with E-state index < -0.39 is 11.9 Å². The summed E-state index contributed by atoms with van der Waals surface area (Å²) in [5.41, 5.74) is 1.38. The second-order valence-corrected chi connectivity index (χ2v) is 6.58. The zero-order valence-electron chi connectivity index (χ0n) is 14.3. The summed E-state index contributed by atoms with van der Waals surface area (Å²) < 4.78 is 0. The fourth-order valence-electron chi connectivity index (χ4n) is 3.52. The van der Waals surface area contributed by atoms with Crippen LogP contribution in [0.5, 0.6) is 0 Å². The molecule has 136 valence electrons. The molecule has 2 heterocycles. The zero-order valence-corrected chi connectivity index (χ0v) is 14.3. The summed E-state index contributed by atoms with van der Waals surface area (Å²) >= 11 is 0. The van der Waals surface area contributed by atoms with Crippen molar-refractivity contribution in [1.82, 2.24) is 5.32 Å². The third-order valence-corrected chi connectivity index (χ3v) is 4.68. The molecule has 4 rings (SSSR count). The van der Waals surface area contributed by atoms with E-state index in [1.165, 1.54) is 29.3 Å². The Morgan fingerprint density at radius 1 is 0.923 bits per heavy atom. The SMILES string of the molecule is O=C(O)/C=C/C(=O)O.c1ccc2cc(N3CC4CCC(C3)N4)ccc2c1. The van der Waals surface area contributed by atoms with Crippen LogP contribution in [0, 0.1) is 0 Å². The van der Waals surface area contributed by atoms with Crippen molar-refractivity contribution in [2.45, 2.75) is 24.9 Å². The van der Waals surface area contributed by atoms with Crippen molar-refractivity contribution in [1.29, 1.82) is 0 Å². The normalized spacial score (nSPS) is 21.5. The maximum absolute atomic E-state index is 9.55. The van der Waals surface area contributed by atoms with Gasteiger partial charge in [-0.3, -0.25) is 0 Å². The van der Waals surface area contributed by atoms with Gasteiger partial charge >= 0.3 is 11.9 Å². The molecule has 0 radical (unpaired) electrons. The van der Waals surface area contributed by atoms with Gasteiger partial charge in [0, 0.05) is 43.0 Å². The number of carboxylic acids is 2. The molecule has 0 amide bonds. The number of benzene rings is 2. The third kappa shape index (κ3) is 4.61. The Kier molecular flexibility index (Phi) is 5.53. The van der Waals surface area contributed by atoms with E-state index in [0.717, 1.165) is 13.1 Å². The number of piperazine rings is 1. The molecule has 0 saturated carbocycles. The second-order valence-electron chi connectivity index (χ2n) is 6.58. The highest BCUT2D eigenvalue weighted by molar-refractivity contribution is 5.89. The summed E-state index contributed by atoms with van der Waals surface area (Å²) in [6, 6.07) is 16.9. The Bertz CT molecular complexity index is 805. The quantitative estimate of drug-likeness (QED) is 0.734. The van der Waals surface area contributed by atoms with E-state index in [2.05, 4.69) is 52.7 Å². The second kappa shape index (κ2) is 8.01. The summed E-state index contributed by atoms with van der Waals surface area (Å²) in [5.74, 6) is -2.51. The molecular formula is C20H22N2O4. The highest BCUT2D eigenvalue weighted by Crippen LogP contribution is 2.27. The van der Waals surface area contributed by atoms with Gasteiger partial charge in [-0.1, -0.05) is 30.3 Å². The molecule has 0 aliphatic carbocycles. The van der Waals surface area contributed by atoms with Crippen LogP contribution in [0.1, 0.15) is 12.8 Å². The smallest absolute Gasteiger partial charge is 0.328 e. The lowest BCUT2D eigenvalue weighted by Crippen LogP contribution is -2.51. The molecular weight excluding hydrogens is 332 g/mol. The highest BCUT2D eigenvalue weighted by Gasteiger charge is 2.32. The number of hydrogen-bond acceptors (Lipinski definition) is 4. The van der Waals surface area contributed by atoms with Crippen LogP contribution in [-0.2, 0) is 9.59 Å². The number of carboxylic acid groups (broad SMARTS) is 2. The summed E-state index contributed by atoms with van der Waals surface area (Å²) in [6.07, 6.45) is 3.80. The van der Waals surface area contributed by atoms with Crippen molar-refractivity contribution in [3.05, 3.63) is 54.6 Å². The molecule has 2 aromatic rings. The van der Waals surface area contributed by atoms with Gasteiger partial charge in [0.15, 0.2) is 0 Å². The standard InChI is InChI=1S/C16H18N2.C4H4O4/c1-2-4-13-9-16(8-5-12(13)3-1)18-10-14-6-7-15(11-18)17-14;5-3(6)1-2-4(7)8/h1-5,8-9,14-15,17H,6-7,10-11H2;1-2H,(H,5,6)(H,7,8)/b;2-1+. The van der Waals surface area contributed by atoms with Gasteiger partial charge in [-0.2, -0.15) is 0 Å². The average molecular weight is 354 g/mol. The first-order valence-corrected chi connectivity index (χ1v) is 8.65. The predicted molar refractivity (Wildman–Crippen MR) is 101 cm³/mol. The van der Waals surface area contributed by atoms with Crippen LogP contribution in [0.4, 0.5) is 5.69 Å². The van der Waals surface area contributed by atoms with Crippen molar-refractivity contribution in [3.8, 4) is 0 Å². The number of rotatable bonds is 3. The van der Waals surface area contributed by atoms with Gasteiger partial charge in [-0.15, -0.1) is 0 Å². The lowest BCUT2D eigenvalue weighted by atomic mass is 10.1. The molecule has 0 spiro atoms. The van der Waals surface area contributed by atoms with E-state index in [9.17, 15) is 9.59 Å². The number of fused-ring (bicyclic) bond motifs is 3. The van der Waals surface area contributed by atoms with E-state index in [1.54, 1.807) is 0 Å². The van der Waals surface area contributed by atoms with Crippen LogP contribution in [0.2, 0.25) is 0 Å². The van der Waals surface area contributed by atoms with Gasteiger partial charge in [0.05, 0.1) is 0 Å². The summed E-state index contributed by atoms with van der Waals surface area (Å²) in [5, 5.41) is 22.0. The number of anilines is 1. The van der Waals surface area contributed by atoms with Gasteiger partial charge < -0.3 is 20.4 Å². The Morgan fingerprint density at radius 3 is 2.08 bits per heavy atom. The van der Waals surface area contributed by atoms with E-state index in [0.29, 0.717) is 24.2 Å². The third-order valence-electron chi connectivity index (χ3n) is 4.68. The van der Waals surface area contributed by atoms with Gasteiger partial charge in [-0.25, -0.2) is 9.59 Å². The van der Waals surface area contributed by atoms with Gasteiger partial charge in [-0.05, 0) is 35.7 Å². The number of nitrogens with zero attached hydrogens (tertiary/aromatic N) is 1. The molecule has 3 N–H and O–H groups in total. The Hall–Kier alpha value is -2.86. The maximum atomic E-state index is 9.55. The predicted octanol–water partition coefficient (Wildman–Crippen LogP) is 2.49. The Morgan fingerprint density at radius 2 is 1.50 bits per heavy atom. The van der Waals surface area contributed by atoms with E-state index in [1.807, 2.05) is 0 Å². The Labute approximate surface area is 151 Å². The average Bonchev–Trinajstić information content (AvgIpc) is 2.98. The molecule has 6 nitrogen and oxygen atoms in total.